The van der Waals surface area contributed by atoms with Gasteiger partial charge in [0.05, 0.1) is 21.3 Å². The molecule has 1 heterocycles. The summed E-state index contributed by atoms with van der Waals surface area (Å²) >= 11 is 12.9. The summed E-state index contributed by atoms with van der Waals surface area (Å²) in [6.07, 6.45) is 1.76. The maximum atomic E-state index is 12.9. The van der Waals surface area contributed by atoms with Gasteiger partial charge in [-0.15, -0.1) is 0 Å². The van der Waals surface area contributed by atoms with Crippen molar-refractivity contribution in [2.75, 3.05) is 5.32 Å². The van der Waals surface area contributed by atoms with E-state index in [1.807, 2.05) is 48.5 Å². The molecule has 162 valence electrons. The summed E-state index contributed by atoms with van der Waals surface area (Å²) in [5, 5.41) is 9.31. The summed E-state index contributed by atoms with van der Waals surface area (Å²) in [6.45, 7) is 4.85. The Morgan fingerprint density at radius 3 is 2.56 bits per heavy atom. The van der Waals surface area contributed by atoms with Gasteiger partial charge in [0.1, 0.15) is 0 Å². The van der Waals surface area contributed by atoms with Crippen LogP contribution in [-0.4, -0.2) is 16.9 Å². The number of fused-ring (bicyclic) bond motifs is 1. The van der Waals surface area contributed by atoms with Crippen LogP contribution >= 0.6 is 23.2 Å². The third-order valence-corrected chi connectivity index (χ3v) is 5.79. The average Bonchev–Trinajstić information content (AvgIpc) is 2.78. The number of hydrogen-bond donors (Lipinski definition) is 2. The number of carbonyl (C=O) groups is 1. The first kappa shape index (κ1) is 22.3. The summed E-state index contributed by atoms with van der Waals surface area (Å²) in [7, 11) is 0. The number of halogens is 2. The van der Waals surface area contributed by atoms with Gasteiger partial charge in [-0.2, -0.15) is 0 Å². The van der Waals surface area contributed by atoms with E-state index in [9.17, 15) is 4.79 Å². The Kier molecular flexibility index (Phi) is 6.75. The van der Waals surface area contributed by atoms with Crippen LogP contribution in [0.2, 0.25) is 10.0 Å². The zero-order chi connectivity index (χ0) is 22.7. The molecule has 0 saturated carbocycles. The van der Waals surface area contributed by atoms with Crippen molar-refractivity contribution in [2.45, 2.75) is 26.4 Å². The number of aromatic nitrogens is 1. The summed E-state index contributed by atoms with van der Waals surface area (Å²) in [6, 6.07) is 21.2. The number of hydrogen-bond acceptors (Lipinski definition) is 3. The molecule has 0 aliphatic heterocycles. The molecule has 4 rings (SSSR count). The molecule has 0 bridgehead atoms. The van der Waals surface area contributed by atoms with Crippen molar-refractivity contribution in [3.63, 3.8) is 0 Å². The summed E-state index contributed by atoms with van der Waals surface area (Å²) < 4.78 is 0. The lowest BCUT2D eigenvalue weighted by atomic mass is 10.0. The molecule has 0 aliphatic carbocycles. The molecular formula is C26H23Cl2N3O. The molecule has 0 radical (unpaired) electrons. The average molecular weight is 464 g/mol. The van der Waals surface area contributed by atoms with Crippen LogP contribution in [0.4, 0.5) is 5.69 Å². The zero-order valence-corrected chi connectivity index (χ0v) is 19.3. The Hall–Kier alpha value is -2.92. The highest BCUT2D eigenvalue weighted by Crippen LogP contribution is 2.34. The Bertz CT molecular complexity index is 1280. The third-order valence-electron chi connectivity index (χ3n) is 5.15. The standard InChI is InChI=1S/C26H23Cl2N3O/c1-16(2)30-15-17-7-9-21(24(28)13-17)26(32)31-19-8-10-23(27)22(14-19)25-20-6-4-3-5-18(20)11-12-29-25/h3-14,16,30H,15H2,1-2H3,(H,31,32). The molecule has 4 nitrogen and oxygen atoms in total. The molecule has 1 aromatic heterocycles. The highest BCUT2D eigenvalue weighted by Gasteiger charge is 2.14. The van der Waals surface area contributed by atoms with Crippen molar-refractivity contribution < 1.29 is 4.79 Å². The van der Waals surface area contributed by atoms with Gasteiger partial charge in [0.2, 0.25) is 0 Å². The maximum absolute atomic E-state index is 12.9. The molecule has 4 aromatic rings. The van der Waals surface area contributed by atoms with Gasteiger partial charge < -0.3 is 10.6 Å². The molecule has 6 heteroatoms. The number of anilines is 1. The van der Waals surface area contributed by atoms with Crippen LogP contribution in [0.25, 0.3) is 22.0 Å². The zero-order valence-electron chi connectivity index (χ0n) is 17.8. The van der Waals surface area contributed by atoms with Crippen LogP contribution < -0.4 is 10.6 Å². The van der Waals surface area contributed by atoms with Crippen LogP contribution in [0.3, 0.4) is 0 Å². The highest BCUT2D eigenvalue weighted by atomic mass is 35.5. The van der Waals surface area contributed by atoms with Crippen molar-refractivity contribution in [3.05, 3.63) is 94.1 Å². The number of benzene rings is 3. The van der Waals surface area contributed by atoms with Gasteiger partial charge in [0.15, 0.2) is 0 Å². The highest BCUT2D eigenvalue weighted by molar-refractivity contribution is 6.35. The lowest BCUT2D eigenvalue weighted by Crippen LogP contribution is -2.22. The Morgan fingerprint density at radius 2 is 1.78 bits per heavy atom. The number of carbonyl (C=O) groups excluding carboxylic acids is 1. The fourth-order valence-electron chi connectivity index (χ4n) is 3.49. The van der Waals surface area contributed by atoms with Gasteiger partial charge in [-0.05, 0) is 47.3 Å². The summed E-state index contributed by atoms with van der Waals surface area (Å²) in [5.41, 5.74) is 3.58. The normalized spacial score (nSPS) is 11.2. The van der Waals surface area contributed by atoms with E-state index < -0.39 is 0 Å². The monoisotopic (exact) mass is 463 g/mol. The summed E-state index contributed by atoms with van der Waals surface area (Å²) in [4.78, 5) is 17.4. The number of amides is 1. The van der Waals surface area contributed by atoms with E-state index in [2.05, 4.69) is 29.5 Å². The van der Waals surface area contributed by atoms with Crippen molar-refractivity contribution >= 4 is 45.6 Å². The minimum absolute atomic E-state index is 0.280. The Labute approximate surface area is 197 Å². The van der Waals surface area contributed by atoms with Gasteiger partial charge in [-0.25, -0.2) is 0 Å². The van der Waals surface area contributed by atoms with Crippen LogP contribution in [0.15, 0.2) is 72.9 Å². The fraction of sp³-hybridized carbons (Fsp3) is 0.154. The first-order chi connectivity index (χ1) is 15.4. The largest absolute Gasteiger partial charge is 0.322 e. The van der Waals surface area contributed by atoms with Crippen molar-refractivity contribution in [1.82, 2.24) is 10.3 Å². The van der Waals surface area contributed by atoms with E-state index in [4.69, 9.17) is 23.2 Å². The number of nitrogens with one attached hydrogen (secondary N) is 2. The van der Waals surface area contributed by atoms with Crippen LogP contribution in [0.5, 0.6) is 0 Å². The minimum atomic E-state index is -0.280. The topological polar surface area (TPSA) is 54.0 Å². The lowest BCUT2D eigenvalue weighted by Gasteiger charge is -2.12. The molecule has 0 spiro atoms. The van der Waals surface area contributed by atoms with Gasteiger partial charge in [-0.1, -0.05) is 67.4 Å². The van der Waals surface area contributed by atoms with Gasteiger partial charge in [-0.3, -0.25) is 9.78 Å². The van der Waals surface area contributed by atoms with E-state index in [0.29, 0.717) is 33.9 Å². The second-order valence-corrected chi connectivity index (χ2v) is 8.69. The molecule has 3 aromatic carbocycles. The third kappa shape index (κ3) is 4.94. The number of pyridine rings is 1. The Morgan fingerprint density at radius 1 is 0.969 bits per heavy atom. The predicted molar refractivity (Wildman–Crippen MR) is 134 cm³/mol. The number of rotatable bonds is 6. The van der Waals surface area contributed by atoms with Crippen LogP contribution in [0.1, 0.15) is 29.8 Å². The van der Waals surface area contributed by atoms with E-state index in [-0.39, 0.29) is 5.91 Å². The molecule has 0 unspecified atom stereocenters. The lowest BCUT2D eigenvalue weighted by molar-refractivity contribution is 0.102. The van der Waals surface area contributed by atoms with Gasteiger partial charge in [0, 0.05) is 35.4 Å². The van der Waals surface area contributed by atoms with E-state index >= 15 is 0 Å². The molecule has 2 N–H and O–H groups in total. The van der Waals surface area contributed by atoms with E-state index in [1.165, 1.54) is 0 Å². The SMILES string of the molecule is CC(C)NCc1ccc(C(=O)Nc2ccc(Cl)c(-c3nccc4ccccc34)c2)c(Cl)c1. The van der Waals surface area contributed by atoms with E-state index in [1.54, 1.807) is 24.4 Å². The predicted octanol–water partition coefficient (Wildman–Crippen LogP) is 6.96. The molecule has 0 saturated heterocycles. The minimum Gasteiger partial charge on any atom is -0.322 e. The van der Waals surface area contributed by atoms with Gasteiger partial charge in [0.25, 0.3) is 5.91 Å². The fourth-order valence-corrected chi connectivity index (χ4v) is 3.99. The number of nitrogens with zero attached hydrogens (tertiary/aromatic N) is 1. The smallest absolute Gasteiger partial charge is 0.257 e. The second-order valence-electron chi connectivity index (χ2n) is 7.88. The molecule has 0 atom stereocenters. The quantitative estimate of drug-likeness (QED) is 0.324. The second kappa shape index (κ2) is 9.70. The van der Waals surface area contributed by atoms with Gasteiger partial charge >= 0.3 is 0 Å². The van der Waals surface area contributed by atoms with Crippen molar-refractivity contribution in [2.24, 2.45) is 0 Å². The van der Waals surface area contributed by atoms with Crippen LogP contribution in [-0.2, 0) is 6.54 Å². The summed E-state index contributed by atoms with van der Waals surface area (Å²) in [5.74, 6) is -0.280. The molecule has 0 aliphatic rings. The maximum Gasteiger partial charge on any atom is 0.257 e. The van der Waals surface area contributed by atoms with E-state index in [0.717, 1.165) is 27.6 Å². The van der Waals surface area contributed by atoms with Crippen molar-refractivity contribution in [3.8, 4) is 11.3 Å². The molecule has 32 heavy (non-hydrogen) atoms. The molecular weight excluding hydrogens is 441 g/mol. The Balaban J connectivity index is 1.60. The molecule has 0 fully saturated rings. The first-order valence-corrected chi connectivity index (χ1v) is 11.1. The van der Waals surface area contributed by atoms with Crippen molar-refractivity contribution in [1.29, 1.82) is 0 Å². The molecule has 1 amide bonds. The van der Waals surface area contributed by atoms with Crippen LogP contribution in [0, 0.1) is 0 Å². The first-order valence-electron chi connectivity index (χ1n) is 10.4.